The van der Waals surface area contributed by atoms with E-state index in [0.29, 0.717) is 17.3 Å². The van der Waals surface area contributed by atoms with Crippen molar-refractivity contribution in [3.8, 4) is 0 Å². The third-order valence-electron chi connectivity index (χ3n) is 2.24. The highest BCUT2D eigenvalue weighted by molar-refractivity contribution is 6.34. The zero-order valence-corrected chi connectivity index (χ0v) is 10.6. The van der Waals surface area contributed by atoms with Crippen molar-refractivity contribution in [2.45, 2.75) is 19.9 Å². The molecular formula is C11H10Cl2N2O2. The fourth-order valence-electron chi connectivity index (χ4n) is 1.52. The smallest absolute Gasteiger partial charge is 0.247 e. The third kappa shape index (κ3) is 2.37. The summed E-state index contributed by atoms with van der Waals surface area (Å²) in [7, 11) is 0. The Balaban J connectivity index is 2.39. The lowest BCUT2D eigenvalue weighted by Gasteiger charge is -2.03. The van der Waals surface area contributed by atoms with Gasteiger partial charge in [-0.15, -0.1) is 0 Å². The monoisotopic (exact) mass is 272 g/mol. The van der Waals surface area contributed by atoms with Crippen LogP contribution in [0.4, 0.5) is 0 Å². The third-order valence-corrected chi connectivity index (χ3v) is 2.72. The number of rotatable bonds is 4. The second-order valence-electron chi connectivity index (χ2n) is 3.50. The van der Waals surface area contributed by atoms with Gasteiger partial charge < -0.3 is 4.42 Å². The van der Waals surface area contributed by atoms with Crippen LogP contribution in [-0.4, -0.2) is 15.6 Å². The maximum Gasteiger partial charge on any atom is 0.247 e. The van der Waals surface area contributed by atoms with Crippen molar-refractivity contribution in [2.75, 3.05) is 0 Å². The summed E-state index contributed by atoms with van der Waals surface area (Å²) < 4.78 is 6.64. The number of aromatic nitrogens is 2. The first-order valence-electron chi connectivity index (χ1n) is 5.14. The summed E-state index contributed by atoms with van der Waals surface area (Å²) in [4.78, 5) is 12.1. The van der Waals surface area contributed by atoms with Crippen LogP contribution in [0, 0.1) is 0 Å². The Bertz CT molecular complexity index is 545. The summed E-state index contributed by atoms with van der Waals surface area (Å²) in [5.74, 6) is -0.150. The lowest BCUT2D eigenvalue weighted by atomic mass is 10.2. The van der Waals surface area contributed by atoms with Crippen molar-refractivity contribution >= 4 is 29.0 Å². The van der Waals surface area contributed by atoms with Crippen molar-refractivity contribution in [3.63, 3.8) is 0 Å². The van der Waals surface area contributed by atoms with Crippen LogP contribution in [0.2, 0.25) is 10.2 Å². The number of carbonyl (C=O) groups is 1. The van der Waals surface area contributed by atoms with Crippen LogP contribution >= 0.6 is 23.2 Å². The first kappa shape index (κ1) is 12.2. The molecule has 0 N–H and O–H groups in total. The second-order valence-corrected chi connectivity index (χ2v) is 4.28. The molecule has 0 aliphatic heterocycles. The van der Waals surface area contributed by atoms with Crippen LogP contribution < -0.4 is 0 Å². The van der Waals surface area contributed by atoms with Gasteiger partial charge >= 0.3 is 0 Å². The van der Waals surface area contributed by atoms with Gasteiger partial charge in [0.25, 0.3) is 0 Å². The zero-order chi connectivity index (χ0) is 12.4. The van der Waals surface area contributed by atoms with E-state index in [0.717, 1.165) is 6.42 Å². The number of ketones is 1. The van der Waals surface area contributed by atoms with E-state index in [1.807, 2.05) is 6.92 Å². The van der Waals surface area contributed by atoms with E-state index >= 15 is 0 Å². The Hall–Kier alpha value is -1.26. The van der Waals surface area contributed by atoms with E-state index in [2.05, 4.69) is 5.10 Å². The Labute approximate surface area is 108 Å². The quantitative estimate of drug-likeness (QED) is 0.802. The molecule has 4 nitrogen and oxygen atoms in total. The zero-order valence-electron chi connectivity index (χ0n) is 9.11. The van der Waals surface area contributed by atoms with Crippen LogP contribution in [0.15, 0.2) is 22.7 Å². The van der Waals surface area contributed by atoms with Gasteiger partial charge in [-0.25, -0.2) is 0 Å². The van der Waals surface area contributed by atoms with Gasteiger partial charge in [-0.05, 0) is 30.2 Å². The van der Waals surface area contributed by atoms with Gasteiger partial charge in [0.2, 0.25) is 5.78 Å². The molecule has 0 amide bonds. The van der Waals surface area contributed by atoms with Crippen molar-refractivity contribution in [3.05, 3.63) is 40.0 Å². The molecule has 2 aromatic heterocycles. The van der Waals surface area contributed by atoms with Crippen molar-refractivity contribution in [2.24, 2.45) is 0 Å². The molecule has 0 saturated heterocycles. The summed E-state index contributed by atoms with van der Waals surface area (Å²) in [5.41, 5.74) is 0.333. The molecular weight excluding hydrogens is 263 g/mol. The van der Waals surface area contributed by atoms with E-state index in [1.54, 1.807) is 4.68 Å². The van der Waals surface area contributed by atoms with Gasteiger partial charge in [-0.3, -0.25) is 9.48 Å². The molecule has 6 heteroatoms. The number of carbonyl (C=O) groups excluding carboxylic acids is 1. The lowest BCUT2D eigenvalue weighted by molar-refractivity contribution is 0.0999. The van der Waals surface area contributed by atoms with E-state index in [4.69, 9.17) is 27.6 Å². The predicted octanol–water partition coefficient (Wildman–Crippen LogP) is 3.42. The fourth-order valence-corrected chi connectivity index (χ4v) is 1.90. The van der Waals surface area contributed by atoms with Gasteiger partial charge in [0.05, 0.1) is 11.2 Å². The highest BCUT2D eigenvalue weighted by atomic mass is 35.5. The Morgan fingerprint density at radius 1 is 1.47 bits per heavy atom. The minimum atomic E-state index is -0.312. The van der Waals surface area contributed by atoms with E-state index < -0.39 is 0 Å². The molecule has 0 aliphatic carbocycles. The van der Waals surface area contributed by atoms with Crippen LogP contribution in [0.5, 0.6) is 0 Å². The molecule has 2 heterocycles. The summed E-state index contributed by atoms with van der Waals surface area (Å²) >= 11 is 11.6. The number of hydrogen-bond donors (Lipinski definition) is 0. The molecule has 0 atom stereocenters. The molecule has 0 fully saturated rings. The second kappa shape index (κ2) is 4.94. The first-order chi connectivity index (χ1) is 8.13. The predicted molar refractivity (Wildman–Crippen MR) is 64.7 cm³/mol. The van der Waals surface area contributed by atoms with Crippen molar-refractivity contribution in [1.82, 2.24) is 9.78 Å². The van der Waals surface area contributed by atoms with Crippen LogP contribution in [-0.2, 0) is 6.54 Å². The van der Waals surface area contributed by atoms with Gasteiger partial charge in [-0.1, -0.05) is 18.5 Å². The summed E-state index contributed by atoms with van der Waals surface area (Å²) in [6.45, 7) is 2.62. The van der Waals surface area contributed by atoms with Crippen molar-refractivity contribution in [1.29, 1.82) is 0 Å². The molecule has 17 heavy (non-hydrogen) atoms. The number of hydrogen-bond acceptors (Lipinski definition) is 3. The van der Waals surface area contributed by atoms with E-state index in [-0.39, 0.29) is 16.8 Å². The minimum absolute atomic E-state index is 0.162. The molecule has 0 unspecified atom stereocenters. The molecule has 0 bridgehead atoms. The molecule has 0 aliphatic rings. The fraction of sp³-hybridized carbons (Fsp3) is 0.273. The van der Waals surface area contributed by atoms with Crippen LogP contribution in [0.25, 0.3) is 0 Å². The molecule has 2 aromatic rings. The van der Waals surface area contributed by atoms with E-state index in [1.165, 1.54) is 18.3 Å². The average molecular weight is 273 g/mol. The Morgan fingerprint density at radius 2 is 2.24 bits per heavy atom. The van der Waals surface area contributed by atoms with Gasteiger partial charge in [0.1, 0.15) is 5.69 Å². The highest BCUT2D eigenvalue weighted by Gasteiger charge is 2.21. The standard InChI is InChI=1S/C11H10Cl2N2O2/c1-2-5-15-10(7(12)6-14-15)11(16)8-3-4-9(13)17-8/h3-4,6H,2,5H2,1H3. The van der Waals surface area contributed by atoms with Crippen LogP contribution in [0.3, 0.4) is 0 Å². The normalized spacial score (nSPS) is 10.8. The minimum Gasteiger partial charge on any atom is -0.441 e. The van der Waals surface area contributed by atoms with Crippen LogP contribution in [0.1, 0.15) is 29.6 Å². The number of aryl methyl sites for hydroxylation is 1. The number of halogens is 2. The highest BCUT2D eigenvalue weighted by Crippen LogP contribution is 2.22. The Kier molecular flexibility index (Phi) is 3.54. The maximum atomic E-state index is 12.1. The summed E-state index contributed by atoms with van der Waals surface area (Å²) in [6, 6.07) is 3.04. The molecule has 90 valence electrons. The molecule has 0 spiro atoms. The maximum absolute atomic E-state index is 12.1. The molecule has 2 rings (SSSR count). The van der Waals surface area contributed by atoms with E-state index in [9.17, 15) is 4.79 Å². The molecule has 0 saturated carbocycles. The summed E-state index contributed by atoms with van der Waals surface area (Å²) in [5, 5.41) is 4.54. The first-order valence-corrected chi connectivity index (χ1v) is 5.90. The number of furan rings is 1. The average Bonchev–Trinajstić information content (AvgIpc) is 2.86. The largest absolute Gasteiger partial charge is 0.441 e. The molecule has 0 radical (unpaired) electrons. The Morgan fingerprint density at radius 3 is 2.82 bits per heavy atom. The molecule has 0 aromatic carbocycles. The number of nitrogens with zero attached hydrogens (tertiary/aromatic N) is 2. The van der Waals surface area contributed by atoms with Gasteiger partial charge in [-0.2, -0.15) is 5.10 Å². The van der Waals surface area contributed by atoms with Gasteiger partial charge in [0, 0.05) is 6.54 Å². The SMILES string of the molecule is CCCn1ncc(Cl)c1C(=O)c1ccc(Cl)o1. The van der Waals surface area contributed by atoms with Crippen molar-refractivity contribution < 1.29 is 9.21 Å². The summed E-state index contributed by atoms with van der Waals surface area (Å²) in [6.07, 6.45) is 2.31. The van der Waals surface area contributed by atoms with Gasteiger partial charge in [0.15, 0.2) is 11.0 Å². The lowest BCUT2D eigenvalue weighted by Crippen LogP contribution is -2.11. The topological polar surface area (TPSA) is 48.0 Å².